The van der Waals surface area contributed by atoms with Crippen LogP contribution in [0, 0.1) is 0 Å². The molecule has 2 nitrogen and oxygen atoms in total. The summed E-state index contributed by atoms with van der Waals surface area (Å²) >= 11 is 1.79. The van der Waals surface area contributed by atoms with Gasteiger partial charge in [0.2, 0.25) is 0 Å². The van der Waals surface area contributed by atoms with E-state index in [1.54, 1.807) is 18.0 Å². The van der Waals surface area contributed by atoms with Gasteiger partial charge in [-0.15, -0.1) is 0 Å². The summed E-state index contributed by atoms with van der Waals surface area (Å²) in [4.78, 5) is 4.04. The van der Waals surface area contributed by atoms with Gasteiger partial charge in [-0.1, -0.05) is 13.0 Å². The van der Waals surface area contributed by atoms with Crippen LogP contribution in [0.2, 0.25) is 0 Å². The van der Waals surface area contributed by atoms with Gasteiger partial charge < -0.3 is 5.11 Å². The Hall–Kier alpha value is -0.540. The van der Waals surface area contributed by atoms with Gasteiger partial charge in [0.15, 0.2) is 0 Å². The summed E-state index contributed by atoms with van der Waals surface area (Å²) in [6.07, 6.45) is 4.71. The average molecular weight is 197 g/mol. The summed E-state index contributed by atoms with van der Waals surface area (Å²) < 4.78 is 0. The van der Waals surface area contributed by atoms with Crippen LogP contribution in [0.5, 0.6) is 0 Å². The van der Waals surface area contributed by atoms with Gasteiger partial charge in [0.25, 0.3) is 0 Å². The third-order valence-electron chi connectivity index (χ3n) is 1.77. The first-order valence-corrected chi connectivity index (χ1v) is 5.49. The van der Waals surface area contributed by atoms with Crippen LogP contribution >= 0.6 is 11.8 Å². The van der Waals surface area contributed by atoms with E-state index in [4.69, 9.17) is 5.11 Å². The molecule has 13 heavy (non-hydrogen) atoms. The molecule has 0 saturated heterocycles. The predicted octanol–water partition coefficient (Wildman–Crippen LogP) is 1.74. The van der Waals surface area contributed by atoms with Crippen molar-refractivity contribution in [2.24, 2.45) is 0 Å². The van der Waals surface area contributed by atoms with Gasteiger partial charge in [-0.05, 0) is 23.8 Å². The molecule has 0 aliphatic carbocycles. The molecule has 0 aliphatic rings. The van der Waals surface area contributed by atoms with E-state index in [0.29, 0.717) is 5.25 Å². The summed E-state index contributed by atoms with van der Waals surface area (Å²) in [5.41, 5.74) is 1.26. The Labute approximate surface area is 83.4 Å². The highest BCUT2D eigenvalue weighted by atomic mass is 32.2. The zero-order valence-electron chi connectivity index (χ0n) is 7.81. The summed E-state index contributed by atoms with van der Waals surface area (Å²) in [5, 5.41) is 9.14. The number of thioether (sulfide) groups is 1. The van der Waals surface area contributed by atoms with Crippen LogP contribution in [0.15, 0.2) is 24.5 Å². The molecular formula is C10H15NOS. The first-order valence-electron chi connectivity index (χ1n) is 4.44. The Morgan fingerprint density at radius 2 is 2.46 bits per heavy atom. The monoisotopic (exact) mass is 197 g/mol. The van der Waals surface area contributed by atoms with E-state index in [1.165, 1.54) is 5.56 Å². The third kappa shape index (κ3) is 4.29. The second kappa shape index (κ2) is 6.00. The molecule has 1 aromatic heterocycles. The summed E-state index contributed by atoms with van der Waals surface area (Å²) in [6, 6.07) is 4.03. The molecule has 0 radical (unpaired) electrons. The molecule has 3 heteroatoms. The Balaban J connectivity index is 2.20. The van der Waals surface area contributed by atoms with Crippen LogP contribution in [0.1, 0.15) is 12.5 Å². The number of hydrogen-bond acceptors (Lipinski definition) is 3. The predicted molar refractivity (Wildman–Crippen MR) is 56.9 cm³/mol. The average Bonchev–Trinajstić information content (AvgIpc) is 2.19. The van der Waals surface area contributed by atoms with Crippen LogP contribution in [0.3, 0.4) is 0 Å². The summed E-state index contributed by atoms with van der Waals surface area (Å²) in [6.45, 7) is 2.30. The SMILES string of the molecule is CC(CO)SCCc1cccnc1. The largest absolute Gasteiger partial charge is 0.395 e. The lowest BCUT2D eigenvalue weighted by Crippen LogP contribution is -2.04. The molecule has 1 N–H and O–H groups in total. The minimum atomic E-state index is 0.262. The first-order chi connectivity index (χ1) is 6.33. The second-order valence-corrected chi connectivity index (χ2v) is 4.52. The van der Waals surface area contributed by atoms with Crippen molar-refractivity contribution in [1.82, 2.24) is 4.98 Å². The fourth-order valence-electron chi connectivity index (χ4n) is 0.977. The van der Waals surface area contributed by atoms with E-state index < -0.39 is 0 Å². The number of aliphatic hydroxyl groups excluding tert-OH is 1. The molecular weight excluding hydrogens is 182 g/mol. The van der Waals surface area contributed by atoms with Crippen molar-refractivity contribution >= 4 is 11.8 Å². The maximum Gasteiger partial charge on any atom is 0.0547 e. The zero-order valence-corrected chi connectivity index (χ0v) is 8.63. The van der Waals surface area contributed by atoms with Crippen molar-refractivity contribution in [2.45, 2.75) is 18.6 Å². The summed E-state index contributed by atoms with van der Waals surface area (Å²) in [5.74, 6) is 1.05. The zero-order chi connectivity index (χ0) is 9.52. The number of aliphatic hydroxyl groups is 1. The Morgan fingerprint density at radius 3 is 3.08 bits per heavy atom. The number of hydrogen-bond donors (Lipinski definition) is 1. The molecule has 0 amide bonds. The van der Waals surface area contributed by atoms with Gasteiger partial charge in [0.1, 0.15) is 0 Å². The normalized spacial score (nSPS) is 12.8. The molecule has 1 aromatic rings. The highest BCUT2D eigenvalue weighted by Gasteiger charge is 1.99. The molecule has 0 aromatic carbocycles. The molecule has 0 bridgehead atoms. The van der Waals surface area contributed by atoms with E-state index in [1.807, 2.05) is 19.2 Å². The van der Waals surface area contributed by atoms with Crippen LogP contribution in [-0.2, 0) is 6.42 Å². The molecule has 1 atom stereocenters. The van der Waals surface area contributed by atoms with Crippen molar-refractivity contribution < 1.29 is 5.11 Å². The van der Waals surface area contributed by atoms with Crippen molar-refractivity contribution in [3.8, 4) is 0 Å². The lowest BCUT2D eigenvalue weighted by molar-refractivity contribution is 0.300. The molecule has 72 valence electrons. The first kappa shape index (κ1) is 10.5. The maximum absolute atomic E-state index is 8.80. The van der Waals surface area contributed by atoms with E-state index in [2.05, 4.69) is 11.1 Å². The Kier molecular flexibility index (Phi) is 4.86. The fraction of sp³-hybridized carbons (Fsp3) is 0.500. The quantitative estimate of drug-likeness (QED) is 0.780. The van der Waals surface area contributed by atoms with E-state index >= 15 is 0 Å². The van der Waals surface area contributed by atoms with E-state index in [-0.39, 0.29) is 6.61 Å². The molecule has 0 fully saturated rings. The van der Waals surface area contributed by atoms with Crippen molar-refractivity contribution in [2.75, 3.05) is 12.4 Å². The van der Waals surface area contributed by atoms with Gasteiger partial charge in [0, 0.05) is 17.6 Å². The minimum Gasteiger partial charge on any atom is -0.395 e. The lowest BCUT2D eigenvalue weighted by Gasteiger charge is -2.06. The number of rotatable bonds is 5. The Morgan fingerprint density at radius 1 is 1.62 bits per heavy atom. The molecule has 0 spiro atoms. The van der Waals surface area contributed by atoms with Crippen LogP contribution in [-0.4, -0.2) is 27.7 Å². The third-order valence-corrected chi connectivity index (χ3v) is 2.93. The van der Waals surface area contributed by atoms with Crippen molar-refractivity contribution in [3.63, 3.8) is 0 Å². The van der Waals surface area contributed by atoms with Gasteiger partial charge in [-0.3, -0.25) is 4.98 Å². The number of pyridine rings is 1. The molecule has 1 unspecified atom stereocenters. The molecule has 1 rings (SSSR count). The highest BCUT2D eigenvalue weighted by Crippen LogP contribution is 2.11. The van der Waals surface area contributed by atoms with Crippen LogP contribution in [0.25, 0.3) is 0 Å². The number of aromatic nitrogens is 1. The molecule has 1 heterocycles. The van der Waals surface area contributed by atoms with Gasteiger partial charge in [-0.25, -0.2) is 0 Å². The van der Waals surface area contributed by atoms with Gasteiger partial charge >= 0.3 is 0 Å². The minimum absolute atomic E-state index is 0.262. The van der Waals surface area contributed by atoms with Gasteiger partial charge in [0.05, 0.1) is 6.61 Å². The van der Waals surface area contributed by atoms with Gasteiger partial charge in [-0.2, -0.15) is 11.8 Å². The fourth-order valence-corrected chi connectivity index (χ4v) is 1.84. The van der Waals surface area contributed by atoms with Crippen LogP contribution in [0.4, 0.5) is 0 Å². The van der Waals surface area contributed by atoms with Crippen LogP contribution < -0.4 is 0 Å². The Bertz CT molecular complexity index is 228. The molecule has 0 saturated carbocycles. The standard InChI is InChI=1S/C10H15NOS/c1-9(8-12)13-6-4-10-3-2-5-11-7-10/h2-3,5,7,9,12H,4,6,8H2,1H3. The number of aryl methyl sites for hydroxylation is 1. The maximum atomic E-state index is 8.80. The lowest BCUT2D eigenvalue weighted by atomic mass is 10.2. The second-order valence-electron chi connectivity index (χ2n) is 2.98. The van der Waals surface area contributed by atoms with E-state index in [0.717, 1.165) is 12.2 Å². The van der Waals surface area contributed by atoms with E-state index in [9.17, 15) is 0 Å². The van der Waals surface area contributed by atoms with Crippen molar-refractivity contribution in [1.29, 1.82) is 0 Å². The number of nitrogens with zero attached hydrogens (tertiary/aromatic N) is 1. The van der Waals surface area contributed by atoms with Crippen molar-refractivity contribution in [3.05, 3.63) is 30.1 Å². The molecule has 0 aliphatic heterocycles. The highest BCUT2D eigenvalue weighted by molar-refractivity contribution is 7.99. The summed E-state index contributed by atoms with van der Waals surface area (Å²) in [7, 11) is 0. The smallest absolute Gasteiger partial charge is 0.0547 e. The topological polar surface area (TPSA) is 33.1 Å².